The number of hydrogen-bond donors (Lipinski definition) is 1. The van der Waals surface area contributed by atoms with Crippen molar-refractivity contribution in [1.29, 1.82) is 0 Å². The molecule has 0 bridgehead atoms. The number of aryl methyl sites for hydroxylation is 1. The summed E-state index contributed by atoms with van der Waals surface area (Å²) in [6, 6.07) is 8.03. The van der Waals surface area contributed by atoms with E-state index in [9.17, 15) is 0 Å². The molecule has 1 rings (SSSR count). The molecule has 0 spiro atoms. The van der Waals surface area contributed by atoms with Crippen LogP contribution in [0.4, 0.5) is 0 Å². The topological polar surface area (TPSA) is 35.2 Å². The van der Waals surface area contributed by atoms with Gasteiger partial charge in [0, 0.05) is 12.1 Å². The molecule has 2 nitrogen and oxygen atoms in total. The highest BCUT2D eigenvalue weighted by molar-refractivity contribution is 6.25. The molecule has 0 radical (unpaired) electrons. The van der Waals surface area contributed by atoms with Crippen LogP contribution in [0, 0.1) is 0 Å². The van der Waals surface area contributed by atoms with Crippen LogP contribution in [0.15, 0.2) is 35.4 Å². The van der Waals surface area contributed by atoms with Crippen LogP contribution in [0.5, 0.6) is 5.75 Å². The van der Waals surface area contributed by atoms with Crippen molar-refractivity contribution in [3.8, 4) is 5.75 Å². The quantitative estimate of drug-likeness (QED) is 0.837. The minimum Gasteiger partial charge on any atom is -0.497 e. The first-order chi connectivity index (χ1) is 7.30. The molecule has 0 aliphatic rings. The summed E-state index contributed by atoms with van der Waals surface area (Å²) in [5.41, 5.74) is 9.40. The standard InChI is InChI=1S/C12H16ClNO/c1-15-12-4-2-3-10(7-12)5-6-11(8-13)9-14/h2-4,7-8H,5-6,9,14H2,1H3/b11-8+. The normalized spacial score (nSPS) is 11.5. The smallest absolute Gasteiger partial charge is 0.119 e. The van der Waals surface area contributed by atoms with Gasteiger partial charge in [-0.25, -0.2) is 0 Å². The lowest BCUT2D eigenvalue weighted by atomic mass is 10.1. The van der Waals surface area contributed by atoms with Crippen LogP contribution < -0.4 is 10.5 Å². The van der Waals surface area contributed by atoms with Crippen molar-refractivity contribution in [2.24, 2.45) is 5.73 Å². The number of hydrogen-bond acceptors (Lipinski definition) is 2. The number of halogens is 1. The average molecular weight is 226 g/mol. The molecule has 0 aliphatic carbocycles. The lowest BCUT2D eigenvalue weighted by Gasteiger charge is -2.05. The Labute approximate surface area is 95.7 Å². The molecule has 0 heterocycles. The number of rotatable bonds is 5. The fraction of sp³-hybridized carbons (Fsp3) is 0.333. The van der Waals surface area contributed by atoms with Gasteiger partial charge in [0.15, 0.2) is 0 Å². The molecular weight excluding hydrogens is 210 g/mol. The summed E-state index contributed by atoms with van der Waals surface area (Å²) in [5, 5.41) is 0. The summed E-state index contributed by atoms with van der Waals surface area (Å²) in [7, 11) is 1.67. The second-order valence-corrected chi connectivity index (χ2v) is 3.54. The molecule has 3 heteroatoms. The van der Waals surface area contributed by atoms with Crippen molar-refractivity contribution < 1.29 is 4.74 Å². The molecule has 0 saturated carbocycles. The van der Waals surface area contributed by atoms with Gasteiger partial charge in [-0.1, -0.05) is 23.7 Å². The molecule has 2 N–H and O–H groups in total. The zero-order valence-corrected chi connectivity index (χ0v) is 9.63. The van der Waals surface area contributed by atoms with Crippen LogP contribution in [-0.2, 0) is 6.42 Å². The van der Waals surface area contributed by atoms with Gasteiger partial charge in [0.25, 0.3) is 0 Å². The minimum absolute atomic E-state index is 0.521. The van der Waals surface area contributed by atoms with Crippen LogP contribution >= 0.6 is 11.6 Å². The second-order valence-electron chi connectivity index (χ2n) is 3.32. The lowest BCUT2D eigenvalue weighted by molar-refractivity contribution is 0.414. The van der Waals surface area contributed by atoms with Crippen LogP contribution in [-0.4, -0.2) is 13.7 Å². The van der Waals surface area contributed by atoms with Crippen molar-refractivity contribution in [3.05, 3.63) is 40.9 Å². The van der Waals surface area contributed by atoms with E-state index < -0.39 is 0 Å². The molecular formula is C12H16ClNO. The molecule has 1 aromatic rings. The minimum atomic E-state index is 0.521. The Balaban J connectivity index is 2.57. The first kappa shape index (κ1) is 12.1. The van der Waals surface area contributed by atoms with Gasteiger partial charge in [-0.15, -0.1) is 0 Å². The summed E-state index contributed by atoms with van der Waals surface area (Å²) >= 11 is 5.63. The number of benzene rings is 1. The Morgan fingerprint density at radius 1 is 1.53 bits per heavy atom. The maximum Gasteiger partial charge on any atom is 0.119 e. The Kier molecular flexibility index (Phi) is 5.22. The first-order valence-corrected chi connectivity index (χ1v) is 5.35. The Bertz CT molecular complexity index is 336. The van der Waals surface area contributed by atoms with Gasteiger partial charge in [-0.2, -0.15) is 0 Å². The Hall–Kier alpha value is -0.990. The Morgan fingerprint density at radius 3 is 2.93 bits per heavy atom. The van der Waals surface area contributed by atoms with Crippen molar-refractivity contribution in [1.82, 2.24) is 0 Å². The van der Waals surface area contributed by atoms with Crippen molar-refractivity contribution in [2.45, 2.75) is 12.8 Å². The van der Waals surface area contributed by atoms with E-state index in [2.05, 4.69) is 6.07 Å². The van der Waals surface area contributed by atoms with E-state index in [0.717, 1.165) is 24.2 Å². The number of methoxy groups -OCH3 is 1. The molecule has 1 aromatic carbocycles. The maximum absolute atomic E-state index is 5.63. The van der Waals surface area contributed by atoms with Gasteiger partial charge in [-0.05, 0) is 36.1 Å². The molecule has 0 saturated heterocycles. The predicted molar refractivity (Wildman–Crippen MR) is 64.3 cm³/mol. The largest absolute Gasteiger partial charge is 0.497 e. The predicted octanol–water partition coefficient (Wildman–Crippen LogP) is 2.71. The molecule has 15 heavy (non-hydrogen) atoms. The van der Waals surface area contributed by atoms with Gasteiger partial charge < -0.3 is 10.5 Å². The van der Waals surface area contributed by atoms with Crippen LogP contribution in [0.1, 0.15) is 12.0 Å². The lowest BCUT2D eigenvalue weighted by Crippen LogP contribution is -2.03. The second kappa shape index (κ2) is 6.49. The van der Waals surface area contributed by atoms with E-state index in [4.69, 9.17) is 22.1 Å². The van der Waals surface area contributed by atoms with Crippen molar-refractivity contribution in [3.63, 3.8) is 0 Å². The van der Waals surface area contributed by atoms with E-state index in [1.807, 2.05) is 18.2 Å². The molecule has 0 aliphatic heterocycles. The van der Waals surface area contributed by atoms with E-state index in [1.165, 1.54) is 5.56 Å². The zero-order chi connectivity index (χ0) is 11.1. The van der Waals surface area contributed by atoms with Crippen molar-refractivity contribution >= 4 is 11.6 Å². The summed E-state index contributed by atoms with van der Waals surface area (Å²) in [5.74, 6) is 0.886. The molecule has 0 fully saturated rings. The highest BCUT2D eigenvalue weighted by Gasteiger charge is 1.98. The number of nitrogens with two attached hydrogens (primary N) is 1. The highest BCUT2D eigenvalue weighted by atomic mass is 35.5. The molecule has 0 aromatic heterocycles. The fourth-order valence-electron chi connectivity index (χ4n) is 1.33. The molecule has 0 unspecified atom stereocenters. The maximum atomic E-state index is 5.63. The first-order valence-electron chi connectivity index (χ1n) is 4.91. The average Bonchev–Trinajstić information content (AvgIpc) is 2.31. The fourth-order valence-corrected chi connectivity index (χ4v) is 1.53. The van der Waals surface area contributed by atoms with E-state index in [1.54, 1.807) is 12.6 Å². The van der Waals surface area contributed by atoms with Crippen molar-refractivity contribution in [2.75, 3.05) is 13.7 Å². The third kappa shape index (κ3) is 3.94. The van der Waals surface area contributed by atoms with Gasteiger partial charge >= 0.3 is 0 Å². The third-order valence-corrected chi connectivity index (χ3v) is 2.59. The Morgan fingerprint density at radius 2 is 2.33 bits per heavy atom. The molecule has 0 amide bonds. The zero-order valence-electron chi connectivity index (χ0n) is 8.87. The SMILES string of the molecule is COc1cccc(CC/C(=C\Cl)CN)c1. The molecule has 0 atom stereocenters. The summed E-state index contributed by atoms with van der Waals surface area (Å²) in [6.07, 6.45) is 1.83. The monoisotopic (exact) mass is 225 g/mol. The van der Waals surface area contributed by atoms with Gasteiger partial charge in [0.1, 0.15) is 5.75 Å². The third-order valence-electron chi connectivity index (χ3n) is 2.29. The summed E-state index contributed by atoms with van der Waals surface area (Å²) < 4.78 is 5.15. The highest BCUT2D eigenvalue weighted by Crippen LogP contribution is 2.15. The number of ether oxygens (including phenoxy) is 1. The summed E-state index contributed by atoms with van der Waals surface area (Å²) in [6.45, 7) is 0.521. The molecule has 82 valence electrons. The van der Waals surface area contributed by atoms with E-state index in [0.29, 0.717) is 6.54 Å². The van der Waals surface area contributed by atoms with Gasteiger partial charge in [-0.3, -0.25) is 0 Å². The van der Waals surface area contributed by atoms with Crippen LogP contribution in [0.3, 0.4) is 0 Å². The summed E-state index contributed by atoms with van der Waals surface area (Å²) in [4.78, 5) is 0. The van der Waals surface area contributed by atoms with Gasteiger partial charge in [0.2, 0.25) is 0 Å². The van der Waals surface area contributed by atoms with E-state index in [-0.39, 0.29) is 0 Å². The van der Waals surface area contributed by atoms with Crippen LogP contribution in [0.2, 0.25) is 0 Å². The van der Waals surface area contributed by atoms with E-state index >= 15 is 0 Å². The van der Waals surface area contributed by atoms with Gasteiger partial charge in [0.05, 0.1) is 7.11 Å². The van der Waals surface area contributed by atoms with Crippen LogP contribution in [0.25, 0.3) is 0 Å².